The van der Waals surface area contributed by atoms with E-state index in [-0.39, 0.29) is 0 Å². The van der Waals surface area contributed by atoms with Crippen molar-refractivity contribution in [1.82, 2.24) is 9.97 Å². The summed E-state index contributed by atoms with van der Waals surface area (Å²) < 4.78 is 0. The number of rotatable bonds is 4. The third kappa shape index (κ3) is 2.74. The molecule has 17 heavy (non-hydrogen) atoms. The van der Waals surface area contributed by atoms with E-state index in [1.165, 1.54) is 4.88 Å². The summed E-state index contributed by atoms with van der Waals surface area (Å²) in [7, 11) is 0. The molecule has 0 radical (unpaired) electrons. The number of hydrogen-bond acceptors (Lipinski definition) is 5. The van der Waals surface area contributed by atoms with E-state index in [9.17, 15) is 0 Å². The van der Waals surface area contributed by atoms with E-state index in [1.807, 2.05) is 0 Å². The molecule has 2 heterocycles. The fourth-order valence-corrected chi connectivity index (χ4v) is 2.34. The minimum atomic E-state index is 0.330. The summed E-state index contributed by atoms with van der Waals surface area (Å²) in [5.74, 6) is 1.24. The van der Waals surface area contributed by atoms with Crippen LogP contribution < -0.4 is 10.6 Å². The van der Waals surface area contributed by atoms with E-state index in [1.54, 1.807) is 23.7 Å². The maximum atomic E-state index is 5.88. The van der Waals surface area contributed by atoms with Crippen molar-refractivity contribution < 1.29 is 0 Å². The number of nitrogens with zero attached hydrogens (tertiary/aromatic N) is 3. The first-order valence-corrected chi connectivity index (χ1v) is 6.42. The smallest absolute Gasteiger partial charge is 0.172 e. The molecule has 2 rings (SSSR count). The van der Waals surface area contributed by atoms with E-state index in [2.05, 4.69) is 46.2 Å². The molecule has 0 aliphatic carbocycles. The minimum Gasteiger partial charge on any atom is -0.381 e. The van der Waals surface area contributed by atoms with Gasteiger partial charge in [-0.2, -0.15) is 0 Å². The van der Waals surface area contributed by atoms with E-state index < -0.39 is 0 Å². The van der Waals surface area contributed by atoms with E-state index in [0.717, 1.165) is 12.4 Å². The lowest BCUT2D eigenvalue weighted by Gasteiger charge is -2.27. The van der Waals surface area contributed by atoms with Crippen LogP contribution in [-0.4, -0.2) is 16.0 Å². The number of nitrogen functional groups attached to an aromatic ring is 1. The van der Waals surface area contributed by atoms with E-state index in [4.69, 9.17) is 5.73 Å². The Labute approximate surface area is 105 Å². The second kappa shape index (κ2) is 5.14. The Bertz CT molecular complexity index is 467. The van der Waals surface area contributed by atoms with Crippen LogP contribution in [0.5, 0.6) is 0 Å². The molecule has 5 heteroatoms. The molecule has 0 aliphatic rings. The standard InChI is InChI=1S/C12H16N4S/c1-9(2)16(8-10-4-3-7-17-10)12-11(13)14-5-6-15-12/h3-7,9H,8H2,1-2H3,(H2,13,14). The monoisotopic (exact) mass is 248 g/mol. The maximum Gasteiger partial charge on any atom is 0.172 e. The molecule has 0 bridgehead atoms. The Morgan fingerprint density at radius 3 is 2.71 bits per heavy atom. The first-order chi connectivity index (χ1) is 8.18. The number of hydrogen-bond donors (Lipinski definition) is 1. The zero-order valence-electron chi connectivity index (χ0n) is 10.00. The van der Waals surface area contributed by atoms with Gasteiger partial charge in [-0.15, -0.1) is 11.3 Å². The molecular weight excluding hydrogens is 232 g/mol. The lowest BCUT2D eigenvalue weighted by atomic mass is 10.3. The molecule has 0 atom stereocenters. The molecule has 0 fully saturated rings. The maximum absolute atomic E-state index is 5.88. The molecule has 4 nitrogen and oxygen atoms in total. The van der Waals surface area contributed by atoms with E-state index >= 15 is 0 Å². The van der Waals surface area contributed by atoms with Crippen molar-refractivity contribution in [2.75, 3.05) is 10.6 Å². The molecule has 0 unspecified atom stereocenters. The van der Waals surface area contributed by atoms with Crippen molar-refractivity contribution >= 4 is 23.0 Å². The highest BCUT2D eigenvalue weighted by molar-refractivity contribution is 7.09. The summed E-state index contributed by atoms with van der Waals surface area (Å²) in [4.78, 5) is 11.9. The summed E-state index contributed by atoms with van der Waals surface area (Å²) >= 11 is 1.74. The van der Waals surface area contributed by atoms with Crippen molar-refractivity contribution in [3.05, 3.63) is 34.8 Å². The van der Waals surface area contributed by atoms with Crippen LogP contribution >= 0.6 is 11.3 Å². The second-order valence-corrected chi connectivity index (χ2v) is 5.10. The van der Waals surface area contributed by atoms with Gasteiger partial charge in [-0.05, 0) is 25.3 Å². The SMILES string of the molecule is CC(C)N(Cc1cccs1)c1nccnc1N. The number of anilines is 2. The van der Waals surface area contributed by atoms with Gasteiger partial charge in [-0.3, -0.25) is 0 Å². The lowest BCUT2D eigenvalue weighted by Crippen LogP contribution is -2.31. The second-order valence-electron chi connectivity index (χ2n) is 4.07. The zero-order valence-corrected chi connectivity index (χ0v) is 10.8. The van der Waals surface area contributed by atoms with Gasteiger partial charge in [0.25, 0.3) is 0 Å². The van der Waals surface area contributed by atoms with Crippen molar-refractivity contribution in [3.8, 4) is 0 Å². The summed E-state index contributed by atoms with van der Waals surface area (Å²) in [6.07, 6.45) is 3.29. The van der Waals surface area contributed by atoms with Crippen molar-refractivity contribution in [2.45, 2.75) is 26.4 Å². The Hall–Kier alpha value is -1.62. The molecule has 0 saturated heterocycles. The molecule has 2 aromatic heterocycles. The molecule has 90 valence electrons. The van der Waals surface area contributed by atoms with Gasteiger partial charge >= 0.3 is 0 Å². The first kappa shape index (κ1) is 11.9. The van der Waals surface area contributed by atoms with Crippen LogP contribution in [0.3, 0.4) is 0 Å². The van der Waals surface area contributed by atoms with Crippen molar-refractivity contribution in [1.29, 1.82) is 0 Å². The number of aromatic nitrogens is 2. The molecule has 0 aromatic carbocycles. The van der Waals surface area contributed by atoms with Crippen LogP contribution in [-0.2, 0) is 6.54 Å². The van der Waals surface area contributed by atoms with Gasteiger partial charge in [0.1, 0.15) is 0 Å². The Kier molecular flexibility index (Phi) is 3.58. The molecule has 2 aromatic rings. The third-order valence-corrected chi connectivity index (χ3v) is 3.37. The van der Waals surface area contributed by atoms with Crippen LogP contribution in [0.15, 0.2) is 29.9 Å². The average molecular weight is 248 g/mol. The topological polar surface area (TPSA) is 55.0 Å². The molecule has 0 saturated carbocycles. The fourth-order valence-electron chi connectivity index (χ4n) is 1.64. The molecule has 0 amide bonds. The van der Waals surface area contributed by atoms with Crippen LogP contribution in [0.25, 0.3) is 0 Å². The van der Waals surface area contributed by atoms with Gasteiger partial charge in [-0.1, -0.05) is 6.07 Å². The molecule has 0 aliphatic heterocycles. The molecule has 2 N–H and O–H groups in total. The largest absolute Gasteiger partial charge is 0.381 e. The van der Waals surface area contributed by atoms with Crippen molar-refractivity contribution in [3.63, 3.8) is 0 Å². The van der Waals surface area contributed by atoms with Gasteiger partial charge in [0.15, 0.2) is 11.6 Å². The van der Waals surface area contributed by atoms with Crippen LogP contribution in [0.4, 0.5) is 11.6 Å². The quantitative estimate of drug-likeness (QED) is 0.903. The fraction of sp³-hybridized carbons (Fsp3) is 0.333. The predicted octanol–water partition coefficient (Wildman–Crippen LogP) is 2.54. The van der Waals surface area contributed by atoms with Gasteiger partial charge in [-0.25, -0.2) is 9.97 Å². The third-order valence-electron chi connectivity index (χ3n) is 2.51. The summed E-state index contributed by atoms with van der Waals surface area (Å²) in [6.45, 7) is 5.07. The number of nitrogens with two attached hydrogens (primary N) is 1. The Morgan fingerprint density at radius 2 is 2.12 bits per heavy atom. The Balaban J connectivity index is 2.27. The van der Waals surface area contributed by atoms with Crippen LogP contribution in [0.2, 0.25) is 0 Å². The highest BCUT2D eigenvalue weighted by Gasteiger charge is 2.16. The zero-order chi connectivity index (χ0) is 12.3. The highest BCUT2D eigenvalue weighted by Crippen LogP contribution is 2.23. The molecule has 0 spiro atoms. The number of thiophene rings is 1. The van der Waals surface area contributed by atoms with Gasteiger partial charge in [0.05, 0.1) is 6.54 Å². The highest BCUT2D eigenvalue weighted by atomic mass is 32.1. The van der Waals surface area contributed by atoms with Crippen LogP contribution in [0.1, 0.15) is 18.7 Å². The molecular formula is C12H16N4S. The Morgan fingerprint density at radius 1 is 1.35 bits per heavy atom. The van der Waals surface area contributed by atoms with Crippen molar-refractivity contribution in [2.24, 2.45) is 0 Å². The summed E-state index contributed by atoms with van der Waals surface area (Å²) in [5.41, 5.74) is 5.88. The normalized spacial score (nSPS) is 10.8. The van der Waals surface area contributed by atoms with Gasteiger partial charge < -0.3 is 10.6 Å². The van der Waals surface area contributed by atoms with Gasteiger partial charge in [0.2, 0.25) is 0 Å². The first-order valence-electron chi connectivity index (χ1n) is 5.54. The lowest BCUT2D eigenvalue weighted by molar-refractivity contribution is 0.676. The summed E-state index contributed by atoms with van der Waals surface area (Å²) in [5, 5.41) is 2.08. The van der Waals surface area contributed by atoms with Crippen LogP contribution in [0, 0.1) is 0 Å². The van der Waals surface area contributed by atoms with E-state index in [0.29, 0.717) is 11.9 Å². The predicted molar refractivity (Wildman–Crippen MR) is 72.1 cm³/mol. The van der Waals surface area contributed by atoms with Gasteiger partial charge in [0, 0.05) is 23.3 Å². The minimum absolute atomic E-state index is 0.330. The summed E-state index contributed by atoms with van der Waals surface area (Å²) in [6, 6.07) is 4.50. The average Bonchev–Trinajstić information content (AvgIpc) is 2.79.